The number of alkyl halides is 1. The fourth-order valence-electron chi connectivity index (χ4n) is 1.92. The summed E-state index contributed by atoms with van der Waals surface area (Å²) in [6.45, 7) is 2.36. The van der Waals surface area contributed by atoms with Crippen molar-refractivity contribution < 1.29 is 4.79 Å². The normalized spacial score (nSPS) is 10.5. The molecule has 0 spiro atoms. The van der Waals surface area contributed by atoms with E-state index in [1.165, 1.54) is 5.56 Å². The quantitative estimate of drug-likeness (QED) is 0.880. The molecule has 1 aromatic heterocycles. The molecule has 0 aliphatic carbocycles. The van der Waals surface area contributed by atoms with E-state index in [0.717, 1.165) is 16.6 Å². The van der Waals surface area contributed by atoms with Gasteiger partial charge in [-0.2, -0.15) is 5.10 Å². The number of nitrogens with one attached hydrogen (secondary N) is 1. The van der Waals surface area contributed by atoms with Crippen molar-refractivity contribution in [3.05, 3.63) is 52.8 Å². The number of nitrogens with zero attached hydrogens (tertiary/aromatic N) is 2. The van der Waals surface area contributed by atoms with E-state index < -0.39 is 0 Å². The monoisotopic (exact) mass is 321 g/mol. The van der Waals surface area contributed by atoms with Crippen LogP contribution in [0.3, 0.4) is 0 Å². The number of carbonyl (C=O) groups excluding carboxylic acids is 1. The first-order chi connectivity index (χ1) is 9.10. The minimum atomic E-state index is -0.0881. The van der Waals surface area contributed by atoms with Crippen LogP contribution < -0.4 is 5.32 Å². The summed E-state index contributed by atoms with van der Waals surface area (Å²) in [6, 6.07) is 8.12. The van der Waals surface area contributed by atoms with Gasteiger partial charge in [-0.15, -0.1) is 0 Å². The summed E-state index contributed by atoms with van der Waals surface area (Å²) in [5.74, 6) is -0.0881. The fraction of sp³-hybridized carbons (Fsp3) is 0.286. The van der Waals surface area contributed by atoms with Gasteiger partial charge in [-0.25, -0.2) is 0 Å². The summed E-state index contributed by atoms with van der Waals surface area (Å²) in [6.07, 6.45) is 1.74. The van der Waals surface area contributed by atoms with Gasteiger partial charge in [0.15, 0.2) is 0 Å². The second kappa shape index (κ2) is 6.02. The number of aromatic nitrogens is 2. The number of hydrogen-bond acceptors (Lipinski definition) is 2. The molecule has 2 aromatic rings. The standard InChI is InChI=1S/C14H16BrN3O/c1-10-13(9-18(2)17-10)14(19)16-8-12-5-3-4-11(6-12)7-15/h3-6,9H,7-8H2,1-2H3,(H,16,19). The maximum Gasteiger partial charge on any atom is 0.255 e. The lowest BCUT2D eigenvalue weighted by Crippen LogP contribution is -2.23. The third-order valence-electron chi connectivity index (χ3n) is 2.86. The van der Waals surface area contributed by atoms with Crippen molar-refractivity contribution in [1.82, 2.24) is 15.1 Å². The molecule has 0 unspecified atom stereocenters. The van der Waals surface area contributed by atoms with Crippen molar-refractivity contribution in [3.63, 3.8) is 0 Å². The number of rotatable bonds is 4. The summed E-state index contributed by atoms with van der Waals surface area (Å²) in [5.41, 5.74) is 3.66. The molecule has 0 saturated heterocycles. The second-order valence-electron chi connectivity index (χ2n) is 4.44. The van der Waals surface area contributed by atoms with E-state index in [2.05, 4.69) is 32.4 Å². The maximum absolute atomic E-state index is 12.0. The molecule has 1 N–H and O–H groups in total. The number of amides is 1. The van der Waals surface area contributed by atoms with E-state index in [0.29, 0.717) is 12.1 Å². The Labute approximate surface area is 120 Å². The van der Waals surface area contributed by atoms with E-state index in [9.17, 15) is 4.79 Å². The predicted molar refractivity (Wildman–Crippen MR) is 78.2 cm³/mol. The van der Waals surface area contributed by atoms with Crippen LogP contribution >= 0.6 is 15.9 Å². The van der Waals surface area contributed by atoms with E-state index in [4.69, 9.17) is 0 Å². The van der Waals surface area contributed by atoms with E-state index >= 15 is 0 Å². The van der Waals surface area contributed by atoms with Crippen LogP contribution in [0, 0.1) is 6.92 Å². The minimum absolute atomic E-state index is 0.0881. The highest BCUT2D eigenvalue weighted by molar-refractivity contribution is 9.08. The lowest BCUT2D eigenvalue weighted by atomic mass is 10.1. The second-order valence-corrected chi connectivity index (χ2v) is 5.00. The Bertz CT molecular complexity index is 592. The van der Waals surface area contributed by atoms with Crippen LogP contribution in [0.2, 0.25) is 0 Å². The lowest BCUT2D eigenvalue weighted by molar-refractivity contribution is 0.0950. The molecular weight excluding hydrogens is 306 g/mol. The van der Waals surface area contributed by atoms with Crippen molar-refractivity contribution >= 4 is 21.8 Å². The highest BCUT2D eigenvalue weighted by Gasteiger charge is 2.11. The summed E-state index contributed by atoms with van der Waals surface area (Å²) >= 11 is 3.42. The van der Waals surface area contributed by atoms with E-state index in [1.807, 2.05) is 32.2 Å². The van der Waals surface area contributed by atoms with Crippen molar-refractivity contribution in [2.75, 3.05) is 0 Å². The van der Waals surface area contributed by atoms with Gasteiger partial charge in [-0.1, -0.05) is 40.2 Å². The van der Waals surface area contributed by atoms with Gasteiger partial charge in [0.1, 0.15) is 0 Å². The summed E-state index contributed by atoms with van der Waals surface area (Å²) in [4.78, 5) is 12.0. The Morgan fingerprint density at radius 1 is 1.42 bits per heavy atom. The molecule has 0 aliphatic rings. The smallest absolute Gasteiger partial charge is 0.255 e. The van der Waals surface area contributed by atoms with Crippen molar-refractivity contribution in [2.24, 2.45) is 7.05 Å². The van der Waals surface area contributed by atoms with E-state index in [-0.39, 0.29) is 5.91 Å². The Morgan fingerprint density at radius 3 is 2.79 bits per heavy atom. The molecule has 1 aromatic carbocycles. The number of hydrogen-bond donors (Lipinski definition) is 1. The summed E-state index contributed by atoms with van der Waals surface area (Å²) < 4.78 is 1.65. The molecule has 0 radical (unpaired) electrons. The zero-order valence-electron chi connectivity index (χ0n) is 11.0. The van der Waals surface area contributed by atoms with Crippen LogP contribution in [0.4, 0.5) is 0 Å². The van der Waals surface area contributed by atoms with Gasteiger partial charge in [0.2, 0.25) is 0 Å². The highest BCUT2D eigenvalue weighted by atomic mass is 79.9. The van der Waals surface area contributed by atoms with Gasteiger partial charge in [0, 0.05) is 25.1 Å². The largest absolute Gasteiger partial charge is 0.348 e. The third-order valence-corrected chi connectivity index (χ3v) is 3.50. The van der Waals surface area contributed by atoms with Crippen molar-refractivity contribution in [2.45, 2.75) is 18.8 Å². The fourth-order valence-corrected chi connectivity index (χ4v) is 2.27. The zero-order chi connectivity index (χ0) is 13.8. The molecule has 2 rings (SSSR count). The topological polar surface area (TPSA) is 46.9 Å². The van der Waals surface area contributed by atoms with Gasteiger partial charge in [-0.05, 0) is 18.1 Å². The van der Waals surface area contributed by atoms with Crippen LogP contribution in [0.25, 0.3) is 0 Å². The average molecular weight is 322 g/mol. The molecule has 5 heteroatoms. The average Bonchev–Trinajstić information content (AvgIpc) is 2.75. The van der Waals surface area contributed by atoms with Gasteiger partial charge in [0.05, 0.1) is 11.3 Å². The van der Waals surface area contributed by atoms with E-state index in [1.54, 1.807) is 10.9 Å². The van der Waals surface area contributed by atoms with Gasteiger partial charge >= 0.3 is 0 Å². The highest BCUT2D eigenvalue weighted by Crippen LogP contribution is 2.09. The molecule has 100 valence electrons. The first-order valence-corrected chi connectivity index (χ1v) is 7.14. The Kier molecular flexibility index (Phi) is 4.37. The molecule has 0 saturated carbocycles. The van der Waals surface area contributed by atoms with Crippen molar-refractivity contribution in [1.29, 1.82) is 0 Å². The molecule has 0 fully saturated rings. The Balaban J connectivity index is 2.02. The summed E-state index contributed by atoms with van der Waals surface area (Å²) in [7, 11) is 1.81. The van der Waals surface area contributed by atoms with Crippen LogP contribution in [0.15, 0.2) is 30.5 Å². The minimum Gasteiger partial charge on any atom is -0.348 e. The molecule has 1 amide bonds. The van der Waals surface area contributed by atoms with Crippen LogP contribution in [-0.4, -0.2) is 15.7 Å². The Morgan fingerprint density at radius 2 is 2.16 bits per heavy atom. The SMILES string of the molecule is Cc1nn(C)cc1C(=O)NCc1cccc(CBr)c1. The number of halogens is 1. The third kappa shape index (κ3) is 3.44. The number of benzene rings is 1. The number of aryl methyl sites for hydroxylation is 2. The first-order valence-electron chi connectivity index (χ1n) is 6.02. The van der Waals surface area contributed by atoms with Crippen LogP contribution in [0.1, 0.15) is 27.2 Å². The van der Waals surface area contributed by atoms with Crippen LogP contribution in [-0.2, 0) is 18.9 Å². The molecule has 0 bridgehead atoms. The zero-order valence-corrected chi connectivity index (χ0v) is 12.6. The Hall–Kier alpha value is -1.62. The van der Waals surface area contributed by atoms with Gasteiger partial charge in [0.25, 0.3) is 5.91 Å². The summed E-state index contributed by atoms with van der Waals surface area (Å²) in [5, 5.41) is 7.89. The molecule has 0 atom stereocenters. The first kappa shape index (κ1) is 13.8. The van der Waals surface area contributed by atoms with Gasteiger partial charge < -0.3 is 5.32 Å². The lowest BCUT2D eigenvalue weighted by Gasteiger charge is -2.05. The molecule has 19 heavy (non-hydrogen) atoms. The van der Waals surface area contributed by atoms with Gasteiger partial charge in [-0.3, -0.25) is 9.48 Å². The maximum atomic E-state index is 12.0. The number of carbonyl (C=O) groups is 1. The molecule has 0 aliphatic heterocycles. The predicted octanol–water partition coefficient (Wildman–Crippen LogP) is 2.55. The molecule has 1 heterocycles. The molecule has 4 nitrogen and oxygen atoms in total. The molecular formula is C14H16BrN3O. The van der Waals surface area contributed by atoms with Crippen molar-refractivity contribution in [3.8, 4) is 0 Å². The van der Waals surface area contributed by atoms with Crippen LogP contribution in [0.5, 0.6) is 0 Å².